The molecule has 13 heavy (non-hydrogen) atoms. The summed E-state index contributed by atoms with van der Waals surface area (Å²) in [5, 5.41) is 0. The maximum atomic E-state index is 12.4. The van der Waals surface area contributed by atoms with Gasteiger partial charge in [-0.15, -0.1) is 0 Å². The molecule has 0 atom stereocenters. The molecule has 0 aromatic heterocycles. The molecule has 1 aromatic carbocycles. The summed E-state index contributed by atoms with van der Waals surface area (Å²) in [7, 11) is 0. The lowest BCUT2D eigenvalue weighted by atomic mass is 10.2. The molecule has 0 spiro atoms. The van der Waals surface area contributed by atoms with Gasteiger partial charge in [0.1, 0.15) is 5.82 Å². The van der Waals surface area contributed by atoms with Crippen LogP contribution in [0.5, 0.6) is 0 Å². The minimum Gasteiger partial charge on any atom is -0.324 e. The largest absolute Gasteiger partial charge is 0.324 e. The smallest absolute Gasteiger partial charge is 0.169 e. The highest BCUT2D eigenvalue weighted by molar-refractivity contribution is 5.94. The standard InChI is InChI=1S/C10H10FNO/c11-9-4-1-8(2-5-9)3-6-10(13)7-12/h1-6H,7,12H2/b6-3+. The predicted octanol–water partition coefficient (Wildman–Crippen LogP) is 1.37. The lowest BCUT2D eigenvalue weighted by Crippen LogP contribution is -2.09. The average molecular weight is 179 g/mol. The molecule has 1 rings (SSSR count). The van der Waals surface area contributed by atoms with Crippen LogP contribution in [0.2, 0.25) is 0 Å². The molecule has 0 aliphatic carbocycles. The molecule has 0 aliphatic rings. The molecular formula is C10H10FNO. The van der Waals surface area contributed by atoms with Crippen LogP contribution < -0.4 is 5.73 Å². The Balaban J connectivity index is 2.69. The summed E-state index contributed by atoms with van der Waals surface area (Å²) in [5.74, 6) is -0.438. The number of ketones is 1. The van der Waals surface area contributed by atoms with Gasteiger partial charge in [0.15, 0.2) is 5.78 Å². The van der Waals surface area contributed by atoms with Gasteiger partial charge in [-0.3, -0.25) is 4.79 Å². The van der Waals surface area contributed by atoms with E-state index in [-0.39, 0.29) is 18.1 Å². The Labute approximate surface area is 75.9 Å². The van der Waals surface area contributed by atoms with E-state index in [1.807, 2.05) is 0 Å². The number of halogens is 1. The molecule has 0 aliphatic heterocycles. The van der Waals surface area contributed by atoms with Crippen molar-refractivity contribution in [2.75, 3.05) is 6.54 Å². The fourth-order valence-electron chi connectivity index (χ4n) is 0.831. The van der Waals surface area contributed by atoms with E-state index in [1.165, 1.54) is 18.2 Å². The second-order valence-corrected chi connectivity index (χ2v) is 2.56. The third kappa shape index (κ3) is 3.17. The number of carbonyl (C=O) groups excluding carboxylic acids is 1. The summed E-state index contributed by atoms with van der Waals surface area (Å²) in [6, 6.07) is 5.87. The molecule has 2 N–H and O–H groups in total. The van der Waals surface area contributed by atoms with Crippen LogP contribution in [0, 0.1) is 5.82 Å². The Morgan fingerprint density at radius 3 is 2.54 bits per heavy atom. The molecule has 0 heterocycles. The van der Waals surface area contributed by atoms with E-state index in [0.29, 0.717) is 0 Å². The fraction of sp³-hybridized carbons (Fsp3) is 0.100. The Kier molecular flexibility index (Phi) is 3.34. The van der Waals surface area contributed by atoms with Crippen molar-refractivity contribution in [3.05, 3.63) is 41.7 Å². The van der Waals surface area contributed by atoms with Crippen LogP contribution in [0.25, 0.3) is 6.08 Å². The molecule has 0 saturated carbocycles. The van der Waals surface area contributed by atoms with E-state index in [2.05, 4.69) is 0 Å². The van der Waals surface area contributed by atoms with Gasteiger partial charge in [-0.05, 0) is 23.8 Å². The Morgan fingerprint density at radius 1 is 1.38 bits per heavy atom. The number of nitrogens with two attached hydrogens (primary N) is 1. The van der Waals surface area contributed by atoms with E-state index in [1.54, 1.807) is 18.2 Å². The Bertz CT molecular complexity index is 316. The maximum Gasteiger partial charge on any atom is 0.169 e. The van der Waals surface area contributed by atoms with Crippen molar-refractivity contribution in [1.29, 1.82) is 0 Å². The number of hydrogen-bond donors (Lipinski definition) is 1. The zero-order valence-corrected chi connectivity index (χ0v) is 7.03. The van der Waals surface area contributed by atoms with E-state index < -0.39 is 0 Å². The monoisotopic (exact) mass is 179 g/mol. The molecule has 2 nitrogen and oxygen atoms in total. The molecule has 0 saturated heterocycles. The topological polar surface area (TPSA) is 43.1 Å². The minimum absolute atomic E-state index is 0.00229. The number of benzene rings is 1. The van der Waals surface area contributed by atoms with Gasteiger partial charge in [0.05, 0.1) is 6.54 Å². The predicted molar refractivity (Wildman–Crippen MR) is 49.5 cm³/mol. The molecule has 68 valence electrons. The summed E-state index contributed by atoms with van der Waals surface area (Å²) < 4.78 is 12.4. The van der Waals surface area contributed by atoms with Gasteiger partial charge in [-0.1, -0.05) is 18.2 Å². The first kappa shape index (κ1) is 9.61. The first-order valence-electron chi connectivity index (χ1n) is 3.89. The second-order valence-electron chi connectivity index (χ2n) is 2.56. The van der Waals surface area contributed by atoms with Gasteiger partial charge in [-0.25, -0.2) is 4.39 Å². The quantitative estimate of drug-likeness (QED) is 0.712. The summed E-state index contributed by atoms with van der Waals surface area (Å²) in [6.45, 7) is -0.00229. The summed E-state index contributed by atoms with van der Waals surface area (Å²) >= 11 is 0. The van der Waals surface area contributed by atoms with Gasteiger partial charge >= 0.3 is 0 Å². The highest BCUT2D eigenvalue weighted by Crippen LogP contribution is 2.04. The van der Waals surface area contributed by atoms with Gasteiger partial charge in [0.2, 0.25) is 0 Å². The number of rotatable bonds is 3. The first-order chi connectivity index (χ1) is 6.22. The van der Waals surface area contributed by atoms with Crippen LogP contribution >= 0.6 is 0 Å². The van der Waals surface area contributed by atoms with Crippen molar-refractivity contribution < 1.29 is 9.18 Å². The van der Waals surface area contributed by atoms with Crippen LogP contribution in [0.15, 0.2) is 30.3 Å². The molecule has 0 radical (unpaired) electrons. The van der Waals surface area contributed by atoms with E-state index in [0.717, 1.165) is 5.56 Å². The van der Waals surface area contributed by atoms with Crippen molar-refractivity contribution in [3.63, 3.8) is 0 Å². The molecule has 0 unspecified atom stereocenters. The minimum atomic E-state index is -0.290. The summed E-state index contributed by atoms with van der Waals surface area (Å²) in [5.41, 5.74) is 5.88. The van der Waals surface area contributed by atoms with Gasteiger partial charge in [0.25, 0.3) is 0 Å². The van der Waals surface area contributed by atoms with Crippen LogP contribution in [0.3, 0.4) is 0 Å². The highest BCUT2D eigenvalue weighted by Gasteiger charge is 1.91. The normalized spacial score (nSPS) is 10.6. The molecule has 3 heteroatoms. The Morgan fingerprint density at radius 2 is 2.00 bits per heavy atom. The van der Waals surface area contributed by atoms with E-state index in [9.17, 15) is 9.18 Å². The number of hydrogen-bond acceptors (Lipinski definition) is 2. The zero-order chi connectivity index (χ0) is 9.68. The summed E-state index contributed by atoms with van der Waals surface area (Å²) in [6.07, 6.45) is 2.99. The van der Waals surface area contributed by atoms with Crippen LogP contribution in [-0.4, -0.2) is 12.3 Å². The first-order valence-corrected chi connectivity index (χ1v) is 3.89. The maximum absolute atomic E-state index is 12.4. The fourth-order valence-corrected chi connectivity index (χ4v) is 0.831. The van der Waals surface area contributed by atoms with Crippen LogP contribution in [-0.2, 0) is 4.79 Å². The van der Waals surface area contributed by atoms with Gasteiger partial charge in [-0.2, -0.15) is 0 Å². The molecule has 0 bridgehead atoms. The lowest BCUT2D eigenvalue weighted by molar-refractivity contribution is -0.113. The molecule has 1 aromatic rings. The third-order valence-corrected chi connectivity index (χ3v) is 1.53. The van der Waals surface area contributed by atoms with Crippen LogP contribution in [0.4, 0.5) is 4.39 Å². The average Bonchev–Trinajstić information content (AvgIpc) is 2.16. The van der Waals surface area contributed by atoms with Crippen molar-refractivity contribution in [2.45, 2.75) is 0 Å². The van der Waals surface area contributed by atoms with Crippen molar-refractivity contribution in [2.24, 2.45) is 5.73 Å². The SMILES string of the molecule is NCC(=O)/C=C/c1ccc(F)cc1. The lowest BCUT2D eigenvalue weighted by Gasteiger charge is -1.91. The highest BCUT2D eigenvalue weighted by atomic mass is 19.1. The Hall–Kier alpha value is -1.48. The van der Waals surface area contributed by atoms with Crippen molar-refractivity contribution in [3.8, 4) is 0 Å². The molecule has 0 amide bonds. The van der Waals surface area contributed by atoms with Crippen LogP contribution in [0.1, 0.15) is 5.56 Å². The van der Waals surface area contributed by atoms with Crippen molar-refractivity contribution in [1.82, 2.24) is 0 Å². The molecular weight excluding hydrogens is 169 g/mol. The van der Waals surface area contributed by atoms with Gasteiger partial charge < -0.3 is 5.73 Å². The zero-order valence-electron chi connectivity index (χ0n) is 7.03. The number of carbonyl (C=O) groups is 1. The van der Waals surface area contributed by atoms with E-state index in [4.69, 9.17) is 5.73 Å². The third-order valence-electron chi connectivity index (χ3n) is 1.53. The van der Waals surface area contributed by atoms with Gasteiger partial charge in [0, 0.05) is 0 Å². The van der Waals surface area contributed by atoms with Crippen molar-refractivity contribution >= 4 is 11.9 Å². The van der Waals surface area contributed by atoms with E-state index >= 15 is 0 Å². The molecule has 0 fully saturated rings. The summed E-state index contributed by atoms with van der Waals surface area (Å²) in [4.78, 5) is 10.8. The second kappa shape index (κ2) is 4.52.